The maximum Gasteiger partial charge on any atom is 0.352 e. The number of nitrogens with zero attached hydrogens (tertiary/aromatic N) is 7. The molecule has 0 radical (unpaired) electrons. The van der Waals surface area contributed by atoms with Gasteiger partial charge in [0.1, 0.15) is 42.5 Å². The van der Waals surface area contributed by atoms with Crippen LogP contribution in [-0.2, 0) is 37.2 Å². The molecule has 15 nitrogen and oxygen atoms in total. The van der Waals surface area contributed by atoms with Crippen LogP contribution in [0.4, 0.5) is 5.13 Å². The molecule has 2 atom stereocenters. The molecule has 2 aliphatic rings. The van der Waals surface area contributed by atoms with E-state index in [1.54, 1.807) is 26.6 Å². The standard InChI is InChI=1S/C22H23N9O6S2/c1-3-37-27-13(16-26-22(23)39-28-16)18(32)25-14-19(33)31-15(21(34)35)11(8-38-20(14)31)7-29-6-4-5-12-17(29)24-9-30(12)10-36-2/h4-6,9,14,20H,3,7-8,10H2,1-2H3,(H3-,23,25,26,28,32,34,35)/p+1/b27-13-. The zero-order valence-electron chi connectivity index (χ0n) is 20.8. The fraction of sp³-hybridized carbons (Fsp3) is 0.364. The number of hydrogen-bond donors (Lipinski definition) is 3. The van der Waals surface area contributed by atoms with E-state index in [2.05, 4.69) is 24.8 Å². The van der Waals surface area contributed by atoms with Crippen molar-refractivity contribution in [2.75, 3.05) is 25.2 Å². The Labute approximate surface area is 229 Å². The molecule has 0 aromatic carbocycles. The fourth-order valence-corrected chi connectivity index (χ4v) is 6.09. The molecule has 3 aromatic heterocycles. The summed E-state index contributed by atoms with van der Waals surface area (Å²) in [5.41, 5.74) is 7.31. The van der Waals surface area contributed by atoms with Crippen molar-refractivity contribution in [1.29, 1.82) is 0 Å². The Hall–Kier alpha value is -4.09. The Morgan fingerprint density at radius 3 is 2.92 bits per heavy atom. The van der Waals surface area contributed by atoms with Crippen LogP contribution >= 0.6 is 23.3 Å². The average Bonchev–Trinajstić information content (AvgIpc) is 3.54. The molecular formula is C22H24N9O6S2+. The van der Waals surface area contributed by atoms with Crippen LogP contribution in [0, 0.1) is 0 Å². The minimum atomic E-state index is -1.23. The highest BCUT2D eigenvalue weighted by Crippen LogP contribution is 2.40. The van der Waals surface area contributed by atoms with Crippen molar-refractivity contribution in [2.24, 2.45) is 5.16 Å². The summed E-state index contributed by atoms with van der Waals surface area (Å²) in [6, 6.07) is 2.76. The number of nitrogens with two attached hydrogens (primary N) is 1. The second-order valence-electron chi connectivity index (χ2n) is 8.41. The van der Waals surface area contributed by atoms with Crippen molar-refractivity contribution in [3.63, 3.8) is 0 Å². The lowest BCUT2D eigenvalue weighted by Gasteiger charge is -2.49. The monoisotopic (exact) mass is 574 g/mol. The highest BCUT2D eigenvalue weighted by molar-refractivity contribution is 8.00. The zero-order valence-corrected chi connectivity index (χ0v) is 22.4. The normalized spacial score (nSPS) is 19.2. The van der Waals surface area contributed by atoms with Gasteiger partial charge in [-0.1, -0.05) is 5.16 Å². The number of thioether (sulfide) groups is 1. The molecule has 0 saturated carbocycles. The van der Waals surface area contributed by atoms with Gasteiger partial charge in [0.15, 0.2) is 5.13 Å². The summed E-state index contributed by atoms with van der Waals surface area (Å²) in [6.45, 7) is 2.42. The molecule has 2 amide bonds. The number of imidazole rings is 1. The molecule has 0 spiro atoms. The number of ether oxygens (including phenoxy) is 1. The highest BCUT2D eigenvalue weighted by atomic mass is 32.2. The number of carboxylic acids is 1. The molecule has 4 N–H and O–H groups in total. The van der Waals surface area contributed by atoms with Gasteiger partial charge >= 0.3 is 11.6 Å². The number of aromatic nitrogens is 5. The van der Waals surface area contributed by atoms with Gasteiger partial charge in [0.05, 0.1) is 6.20 Å². The molecule has 5 heterocycles. The van der Waals surface area contributed by atoms with E-state index >= 15 is 0 Å². The topological polar surface area (TPSA) is 191 Å². The number of methoxy groups -OCH3 is 1. The van der Waals surface area contributed by atoms with Crippen molar-refractivity contribution in [2.45, 2.75) is 31.6 Å². The first-order chi connectivity index (χ1) is 18.8. The van der Waals surface area contributed by atoms with Gasteiger partial charge in [0, 0.05) is 30.0 Å². The van der Waals surface area contributed by atoms with Gasteiger partial charge in [-0.15, -0.1) is 11.8 Å². The Morgan fingerprint density at radius 2 is 2.23 bits per heavy atom. The summed E-state index contributed by atoms with van der Waals surface area (Å²) in [4.78, 5) is 53.1. The number of nitrogen functional groups attached to an aromatic ring is 1. The zero-order chi connectivity index (χ0) is 27.7. The lowest BCUT2D eigenvalue weighted by molar-refractivity contribution is -0.664. The van der Waals surface area contributed by atoms with E-state index in [9.17, 15) is 19.5 Å². The van der Waals surface area contributed by atoms with E-state index in [1.165, 1.54) is 16.7 Å². The van der Waals surface area contributed by atoms with E-state index in [4.69, 9.17) is 15.3 Å². The molecule has 1 fully saturated rings. The summed E-state index contributed by atoms with van der Waals surface area (Å²) < 4.78 is 12.8. The molecule has 0 bridgehead atoms. The summed E-state index contributed by atoms with van der Waals surface area (Å²) in [5.74, 6) is -2.22. The van der Waals surface area contributed by atoms with Gasteiger partial charge in [-0.2, -0.15) is 9.36 Å². The molecular weight excluding hydrogens is 550 g/mol. The number of β-lactam (4-membered cyclic amide) rings is 1. The summed E-state index contributed by atoms with van der Waals surface area (Å²) in [5, 5.41) is 16.0. The molecule has 3 aromatic rings. The average molecular weight is 575 g/mol. The van der Waals surface area contributed by atoms with Crippen LogP contribution in [0.25, 0.3) is 11.2 Å². The number of hydrogen-bond acceptors (Lipinski definition) is 12. The predicted octanol–water partition coefficient (Wildman–Crippen LogP) is -0.459. The van der Waals surface area contributed by atoms with Crippen molar-refractivity contribution in [3.8, 4) is 0 Å². The third kappa shape index (κ3) is 4.90. The Balaban J connectivity index is 1.37. The van der Waals surface area contributed by atoms with Crippen molar-refractivity contribution in [1.82, 2.24) is 29.1 Å². The van der Waals surface area contributed by atoms with Crippen LogP contribution < -0.4 is 15.6 Å². The number of oxime groups is 1. The van der Waals surface area contributed by atoms with Crippen LogP contribution in [0.2, 0.25) is 0 Å². The highest BCUT2D eigenvalue weighted by Gasteiger charge is 2.54. The first-order valence-corrected chi connectivity index (χ1v) is 13.5. The van der Waals surface area contributed by atoms with E-state index in [0.717, 1.165) is 17.0 Å². The lowest BCUT2D eigenvalue weighted by Crippen LogP contribution is -2.71. The summed E-state index contributed by atoms with van der Waals surface area (Å²) in [7, 11) is 1.58. The van der Waals surface area contributed by atoms with Crippen molar-refractivity contribution >= 4 is 63.1 Å². The van der Waals surface area contributed by atoms with Crippen molar-refractivity contribution < 1.29 is 33.6 Å². The Kier molecular flexibility index (Phi) is 7.45. The van der Waals surface area contributed by atoms with Crippen LogP contribution in [0.3, 0.4) is 0 Å². The largest absolute Gasteiger partial charge is 0.477 e. The molecule has 0 aliphatic carbocycles. The first-order valence-electron chi connectivity index (χ1n) is 11.7. The van der Waals surface area contributed by atoms with Crippen molar-refractivity contribution in [3.05, 3.63) is 41.8 Å². The second-order valence-corrected chi connectivity index (χ2v) is 10.3. The van der Waals surface area contributed by atoms with Crippen LogP contribution in [0.15, 0.2) is 41.1 Å². The molecule has 17 heteroatoms. The van der Waals surface area contributed by atoms with Crippen LogP contribution in [0.1, 0.15) is 12.7 Å². The smallest absolute Gasteiger partial charge is 0.352 e. The van der Waals surface area contributed by atoms with Crippen LogP contribution in [0.5, 0.6) is 0 Å². The maximum atomic E-state index is 13.2. The second kappa shape index (κ2) is 11.0. The molecule has 5 rings (SSSR count). The number of carboxylic acid groups (broad SMARTS) is 1. The number of nitrogens with one attached hydrogen (secondary N) is 1. The van der Waals surface area contributed by atoms with Crippen LogP contribution in [-0.4, -0.2) is 83.3 Å². The number of carbonyl (C=O) groups is 3. The minimum Gasteiger partial charge on any atom is -0.477 e. The van der Waals surface area contributed by atoms with Gasteiger partial charge in [0.2, 0.25) is 17.9 Å². The molecule has 2 aliphatic heterocycles. The van der Waals surface area contributed by atoms with Gasteiger partial charge in [-0.05, 0) is 24.0 Å². The number of fused-ring (bicyclic) bond motifs is 2. The minimum absolute atomic E-state index is 0.0316. The quantitative estimate of drug-likeness (QED) is 0.123. The Morgan fingerprint density at radius 1 is 1.41 bits per heavy atom. The predicted molar refractivity (Wildman–Crippen MR) is 139 cm³/mol. The maximum absolute atomic E-state index is 13.2. The number of carbonyl (C=O) groups excluding carboxylic acids is 2. The molecule has 39 heavy (non-hydrogen) atoms. The van der Waals surface area contributed by atoms with Gasteiger partial charge in [-0.25, -0.2) is 9.36 Å². The molecule has 204 valence electrons. The van der Waals surface area contributed by atoms with Gasteiger partial charge in [0.25, 0.3) is 11.8 Å². The molecule has 1 saturated heterocycles. The van der Waals surface area contributed by atoms with E-state index in [-0.39, 0.29) is 35.5 Å². The molecule has 2 unspecified atom stereocenters. The first kappa shape index (κ1) is 26.5. The van der Waals surface area contributed by atoms with E-state index in [0.29, 0.717) is 23.7 Å². The summed E-state index contributed by atoms with van der Waals surface area (Å²) >= 11 is 2.24. The lowest BCUT2D eigenvalue weighted by atomic mass is 10.0. The number of pyridine rings is 1. The number of rotatable bonds is 10. The van der Waals surface area contributed by atoms with Gasteiger partial charge in [-0.3, -0.25) is 19.1 Å². The van der Waals surface area contributed by atoms with Gasteiger partial charge < -0.3 is 25.7 Å². The number of aliphatic carboxylic acids is 1. The number of amides is 2. The van der Waals surface area contributed by atoms with E-state index < -0.39 is 29.2 Å². The number of anilines is 1. The fourth-order valence-electron chi connectivity index (χ4n) is 4.32. The van der Waals surface area contributed by atoms with E-state index in [1.807, 2.05) is 21.3 Å². The third-order valence-corrected chi connectivity index (χ3v) is 7.85. The Bertz CT molecular complexity index is 1520. The summed E-state index contributed by atoms with van der Waals surface area (Å²) in [6.07, 6.45) is 3.45. The third-order valence-electron chi connectivity index (χ3n) is 5.97. The SMILES string of the molecule is CCO/N=C(\C(=O)NC1C(=O)N2C(C(=O)O)=C(C[n+]3cccc4c3ncn4COC)CSC12)c1nsc(N)n1.